The van der Waals surface area contributed by atoms with E-state index in [1.165, 1.54) is 30.5 Å². The summed E-state index contributed by atoms with van der Waals surface area (Å²) in [7, 11) is 0. The third kappa shape index (κ3) is 8.11. The summed E-state index contributed by atoms with van der Waals surface area (Å²) in [5, 5.41) is 10.9. The molecule has 0 amide bonds. The first-order valence-electron chi connectivity index (χ1n) is 12.8. The van der Waals surface area contributed by atoms with Gasteiger partial charge in [-0.05, 0) is 86.6 Å². The van der Waals surface area contributed by atoms with Crippen LogP contribution in [0.5, 0.6) is 5.88 Å². The molecule has 220 valence electrons. The van der Waals surface area contributed by atoms with E-state index in [9.17, 15) is 19.5 Å². The standard InChI is InChI=1S/C30H35FN2O8/c1-28(2,3)39-25(35)32-16-10-11-22(32)23(34)15-12-18-19-17-24(38-27(37)41-30(7,8)9)33(21(19)14-13-20(18)31)26(36)40-29(4,5)6/h10-11,13-14,16-17,23,34H,1-9H3. The minimum atomic E-state index is -1.50. The van der Waals surface area contributed by atoms with Crippen molar-refractivity contribution >= 4 is 29.2 Å². The Morgan fingerprint density at radius 2 is 1.46 bits per heavy atom. The van der Waals surface area contributed by atoms with Gasteiger partial charge in [-0.15, -0.1) is 0 Å². The highest BCUT2D eigenvalue weighted by Gasteiger charge is 2.28. The van der Waals surface area contributed by atoms with Crippen LogP contribution in [0.4, 0.5) is 18.8 Å². The van der Waals surface area contributed by atoms with Crippen LogP contribution in [0.25, 0.3) is 10.9 Å². The molecule has 1 N–H and O–H groups in total. The van der Waals surface area contributed by atoms with Crippen LogP contribution in [0.1, 0.15) is 79.7 Å². The van der Waals surface area contributed by atoms with Gasteiger partial charge in [-0.3, -0.25) is 4.57 Å². The molecule has 41 heavy (non-hydrogen) atoms. The van der Waals surface area contributed by atoms with Crippen LogP contribution in [0.15, 0.2) is 36.5 Å². The van der Waals surface area contributed by atoms with Gasteiger partial charge in [0.25, 0.3) is 0 Å². The molecule has 0 fully saturated rings. The molecule has 0 saturated heterocycles. The van der Waals surface area contributed by atoms with Gasteiger partial charge >= 0.3 is 18.3 Å². The molecule has 0 radical (unpaired) electrons. The highest BCUT2D eigenvalue weighted by atomic mass is 19.1. The van der Waals surface area contributed by atoms with Gasteiger partial charge in [-0.25, -0.2) is 23.3 Å². The number of hydrogen-bond donors (Lipinski definition) is 1. The number of fused-ring (bicyclic) bond motifs is 1. The van der Waals surface area contributed by atoms with E-state index in [1.807, 2.05) is 0 Å². The summed E-state index contributed by atoms with van der Waals surface area (Å²) in [4.78, 5) is 38.1. The van der Waals surface area contributed by atoms with Crippen molar-refractivity contribution in [2.24, 2.45) is 0 Å². The van der Waals surface area contributed by atoms with E-state index in [0.29, 0.717) is 0 Å². The van der Waals surface area contributed by atoms with Crippen molar-refractivity contribution < 1.29 is 42.8 Å². The molecule has 0 aliphatic carbocycles. The molecule has 11 heteroatoms. The lowest BCUT2D eigenvalue weighted by Crippen LogP contribution is -2.29. The van der Waals surface area contributed by atoms with Crippen molar-refractivity contribution in [3.05, 3.63) is 53.6 Å². The second kappa shape index (κ2) is 11.3. The monoisotopic (exact) mass is 570 g/mol. The lowest BCUT2D eigenvalue weighted by atomic mass is 10.1. The van der Waals surface area contributed by atoms with Crippen LogP contribution in [0.2, 0.25) is 0 Å². The zero-order valence-corrected chi connectivity index (χ0v) is 24.6. The van der Waals surface area contributed by atoms with Crippen LogP contribution in [-0.2, 0) is 14.2 Å². The van der Waals surface area contributed by atoms with Gasteiger partial charge in [0.1, 0.15) is 22.6 Å². The van der Waals surface area contributed by atoms with Gasteiger partial charge in [-0.1, -0.05) is 11.8 Å². The average Bonchev–Trinajstić information content (AvgIpc) is 3.39. The number of nitrogens with zero attached hydrogens (tertiary/aromatic N) is 2. The second-order valence-corrected chi connectivity index (χ2v) is 12.2. The number of benzene rings is 1. The number of aromatic nitrogens is 2. The normalized spacial score (nSPS) is 12.8. The minimum Gasteiger partial charge on any atom is -0.443 e. The van der Waals surface area contributed by atoms with E-state index in [1.54, 1.807) is 62.3 Å². The predicted molar refractivity (Wildman–Crippen MR) is 148 cm³/mol. The first-order chi connectivity index (χ1) is 18.8. The summed E-state index contributed by atoms with van der Waals surface area (Å²) in [6.45, 7) is 15.0. The number of halogens is 1. The van der Waals surface area contributed by atoms with Gasteiger partial charge in [0.05, 0.1) is 16.8 Å². The number of hydrogen-bond acceptors (Lipinski definition) is 8. The van der Waals surface area contributed by atoms with Gasteiger partial charge in [0.2, 0.25) is 5.88 Å². The van der Waals surface area contributed by atoms with Gasteiger partial charge < -0.3 is 24.1 Å². The molecule has 2 heterocycles. The Bertz CT molecular complexity index is 1530. The summed E-state index contributed by atoms with van der Waals surface area (Å²) in [5.74, 6) is 4.10. The van der Waals surface area contributed by atoms with Crippen LogP contribution < -0.4 is 4.74 Å². The summed E-state index contributed by atoms with van der Waals surface area (Å²) in [5.41, 5.74) is -2.49. The van der Waals surface area contributed by atoms with Crippen molar-refractivity contribution in [1.82, 2.24) is 9.13 Å². The molecule has 0 aliphatic heterocycles. The smallest absolute Gasteiger partial charge is 0.443 e. The number of carbonyl (C=O) groups excluding carboxylic acids is 3. The molecule has 3 rings (SSSR count). The molecular weight excluding hydrogens is 535 g/mol. The summed E-state index contributed by atoms with van der Waals surface area (Å²) >= 11 is 0. The molecule has 0 saturated carbocycles. The minimum absolute atomic E-state index is 0.108. The first kappa shape index (κ1) is 31.2. The molecule has 1 aromatic carbocycles. The molecule has 0 spiro atoms. The molecule has 0 bridgehead atoms. The highest BCUT2D eigenvalue weighted by molar-refractivity contribution is 5.96. The summed E-state index contributed by atoms with van der Waals surface area (Å²) in [6, 6.07) is 6.66. The third-order valence-electron chi connectivity index (χ3n) is 5.04. The van der Waals surface area contributed by atoms with Crippen LogP contribution >= 0.6 is 0 Å². The molecule has 2 aromatic heterocycles. The maximum Gasteiger partial charge on any atom is 0.515 e. The summed E-state index contributed by atoms with van der Waals surface area (Å²) < 4.78 is 38.5. The molecule has 1 atom stereocenters. The molecular formula is C30H35FN2O8. The average molecular weight is 571 g/mol. The van der Waals surface area contributed by atoms with E-state index in [2.05, 4.69) is 11.8 Å². The number of ether oxygens (including phenoxy) is 4. The quantitative estimate of drug-likeness (QED) is 0.209. The van der Waals surface area contributed by atoms with Gasteiger partial charge in [-0.2, -0.15) is 0 Å². The predicted octanol–water partition coefficient (Wildman–Crippen LogP) is 6.55. The topological polar surface area (TPSA) is 118 Å². The zero-order chi connectivity index (χ0) is 30.9. The Balaban J connectivity index is 2.09. The van der Waals surface area contributed by atoms with Crippen molar-refractivity contribution in [3.8, 4) is 17.7 Å². The SMILES string of the molecule is CC(C)(C)OC(=O)Oc1cc2c(C#CC(O)c3cccn3C(=O)OC(C)(C)C)c(F)ccc2n1C(=O)OC(C)(C)C. The van der Waals surface area contributed by atoms with E-state index in [4.69, 9.17) is 18.9 Å². The second-order valence-electron chi connectivity index (χ2n) is 12.2. The maximum atomic E-state index is 15.1. The van der Waals surface area contributed by atoms with Crippen LogP contribution in [-0.4, -0.2) is 49.4 Å². The van der Waals surface area contributed by atoms with Crippen molar-refractivity contribution in [2.75, 3.05) is 0 Å². The Morgan fingerprint density at radius 1 is 0.878 bits per heavy atom. The fourth-order valence-electron chi connectivity index (χ4n) is 3.59. The maximum absolute atomic E-state index is 15.1. The van der Waals surface area contributed by atoms with E-state index < -0.39 is 47.1 Å². The zero-order valence-electron chi connectivity index (χ0n) is 24.6. The first-order valence-corrected chi connectivity index (χ1v) is 12.8. The lowest BCUT2D eigenvalue weighted by Gasteiger charge is -2.21. The summed E-state index contributed by atoms with van der Waals surface area (Å²) in [6.07, 6.45) is -2.78. The fraction of sp³-hybridized carbons (Fsp3) is 0.433. The van der Waals surface area contributed by atoms with Crippen molar-refractivity contribution in [3.63, 3.8) is 0 Å². The Morgan fingerprint density at radius 3 is 2.05 bits per heavy atom. The number of rotatable bonds is 2. The largest absolute Gasteiger partial charge is 0.515 e. The number of carbonyl (C=O) groups is 3. The van der Waals surface area contributed by atoms with Gasteiger partial charge in [0, 0.05) is 17.6 Å². The number of aliphatic hydroxyl groups excluding tert-OH is 1. The third-order valence-corrected chi connectivity index (χ3v) is 5.04. The van der Waals surface area contributed by atoms with Gasteiger partial charge in [0.15, 0.2) is 6.10 Å². The molecule has 1 unspecified atom stereocenters. The molecule has 0 aliphatic rings. The van der Waals surface area contributed by atoms with E-state index in [0.717, 1.165) is 15.2 Å². The van der Waals surface area contributed by atoms with E-state index >= 15 is 4.39 Å². The van der Waals surface area contributed by atoms with Crippen molar-refractivity contribution in [2.45, 2.75) is 85.2 Å². The Kier molecular flexibility index (Phi) is 8.60. The Labute approximate surface area is 237 Å². The Hall–Kier alpha value is -4.30. The molecule has 10 nitrogen and oxygen atoms in total. The van der Waals surface area contributed by atoms with Crippen LogP contribution in [0, 0.1) is 17.7 Å². The highest BCUT2D eigenvalue weighted by Crippen LogP contribution is 2.31. The molecule has 3 aromatic rings. The number of aliphatic hydroxyl groups is 1. The fourth-order valence-corrected chi connectivity index (χ4v) is 3.59. The lowest BCUT2D eigenvalue weighted by molar-refractivity contribution is 0.0183. The van der Waals surface area contributed by atoms with Crippen molar-refractivity contribution in [1.29, 1.82) is 0 Å². The van der Waals surface area contributed by atoms with Crippen LogP contribution in [0.3, 0.4) is 0 Å². The van der Waals surface area contributed by atoms with E-state index in [-0.39, 0.29) is 28.0 Å².